The number of likely N-dealkylation sites (N-methyl/N-ethyl adjacent to an activating group) is 1. The van der Waals surface area contributed by atoms with Crippen LogP contribution in [-0.2, 0) is 16.1 Å². The van der Waals surface area contributed by atoms with Crippen LogP contribution in [-0.4, -0.2) is 103 Å². The molecule has 3 fully saturated rings. The number of carbonyl (C=O) groups excluding carboxylic acids is 1. The van der Waals surface area contributed by atoms with E-state index in [1.807, 2.05) is 18.0 Å². The Kier molecular flexibility index (Phi) is 7.30. The second-order valence-electron chi connectivity index (χ2n) is 10.7. The van der Waals surface area contributed by atoms with E-state index < -0.39 is 0 Å². The SMILES string of the molecule is CC#CC(=O)N1CC(N2CC[C@H](c3cc4c(c(C)n3)OCc3c(N5CCOCC5)ccnc3N4)N(C)CC2)C1. The number of pyridine rings is 2. The zero-order valence-electron chi connectivity index (χ0n) is 23.1. The first-order valence-electron chi connectivity index (χ1n) is 13.9. The fraction of sp³-hybridized carbons (Fsp3) is 0.552. The molecular formula is C29H37N7O3. The van der Waals surface area contributed by atoms with Crippen molar-refractivity contribution in [1.29, 1.82) is 0 Å². The van der Waals surface area contributed by atoms with E-state index in [2.05, 4.69) is 56.0 Å². The number of hydrogen-bond donors (Lipinski definition) is 1. The lowest BCUT2D eigenvalue weighted by Gasteiger charge is -2.44. The molecule has 0 radical (unpaired) electrons. The van der Waals surface area contributed by atoms with Crippen molar-refractivity contribution in [2.75, 3.05) is 76.3 Å². The number of rotatable bonds is 3. The van der Waals surface area contributed by atoms with Gasteiger partial charge in [0.2, 0.25) is 0 Å². The van der Waals surface area contributed by atoms with E-state index in [0.717, 1.165) is 105 Å². The second-order valence-corrected chi connectivity index (χ2v) is 10.7. The minimum atomic E-state index is -0.0638. The summed E-state index contributed by atoms with van der Waals surface area (Å²) in [4.78, 5) is 30.9. The van der Waals surface area contributed by atoms with Crippen LogP contribution in [0.4, 0.5) is 17.2 Å². The van der Waals surface area contributed by atoms with E-state index >= 15 is 0 Å². The molecule has 0 bridgehead atoms. The zero-order chi connectivity index (χ0) is 26.9. The Bertz CT molecular complexity index is 1290. The molecule has 1 atom stereocenters. The van der Waals surface area contributed by atoms with E-state index in [4.69, 9.17) is 14.5 Å². The monoisotopic (exact) mass is 531 g/mol. The Morgan fingerprint density at radius 3 is 2.77 bits per heavy atom. The summed E-state index contributed by atoms with van der Waals surface area (Å²) in [6, 6.07) is 4.81. The van der Waals surface area contributed by atoms with Gasteiger partial charge in [-0.25, -0.2) is 4.98 Å². The van der Waals surface area contributed by atoms with Gasteiger partial charge in [-0.1, -0.05) is 5.92 Å². The minimum absolute atomic E-state index is 0.0638. The summed E-state index contributed by atoms with van der Waals surface area (Å²) in [6.07, 6.45) is 2.84. The molecule has 4 aliphatic rings. The number of ether oxygens (including phenoxy) is 2. The molecule has 0 aromatic carbocycles. The molecule has 6 rings (SSSR count). The van der Waals surface area contributed by atoms with Crippen molar-refractivity contribution in [3.63, 3.8) is 0 Å². The lowest BCUT2D eigenvalue weighted by molar-refractivity contribution is -0.132. The first-order chi connectivity index (χ1) is 19.0. The van der Waals surface area contributed by atoms with Crippen LogP contribution >= 0.6 is 0 Å². The molecule has 2 aromatic rings. The van der Waals surface area contributed by atoms with Crippen LogP contribution in [0.3, 0.4) is 0 Å². The van der Waals surface area contributed by atoms with Gasteiger partial charge >= 0.3 is 0 Å². The van der Waals surface area contributed by atoms with E-state index in [1.54, 1.807) is 6.92 Å². The van der Waals surface area contributed by atoms with Gasteiger partial charge in [-0.15, -0.1) is 0 Å². The van der Waals surface area contributed by atoms with Crippen molar-refractivity contribution in [2.24, 2.45) is 0 Å². The lowest BCUT2D eigenvalue weighted by Crippen LogP contribution is -2.61. The Labute approximate surface area is 230 Å². The maximum Gasteiger partial charge on any atom is 0.298 e. The normalized spacial score (nSPS) is 22.2. The third-order valence-corrected chi connectivity index (χ3v) is 8.36. The molecule has 10 nitrogen and oxygen atoms in total. The molecule has 1 amide bonds. The van der Waals surface area contributed by atoms with Crippen molar-refractivity contribution in [3.05, 3.63) is 35.3 Å². The predicted octanol–water partition coefficient (Wildman–Crippen LogP) is 2.17. The maximum atomic E-state index is 12.0. The number of amides is 1. The third kappa shape index (κ3) is 5.14. The summed E-state index contributed by atoms with van der Waals surface area (Å²) in [5.74, 6) is 6.93. The van der Waals surface area contributed by atoms with Gasteiger partial charge in [0.1, 0.15) is 12.4 Å². The maximum absolute atomic E-state index is 12.0. The van der Waals surface area contributed by atoms with Crippen molar-refractivity contribution >= 4 is 23.1 Å². The van der Waals surface area contributed by atoms with Crippen LogP contribution in [0.2, 0.25) is 0 Å². The predicted molar refractivity (Wildman–Crippen MR) is 149 cm³/mol. The van der Waals surface area contributed by atoms with Gasteiger partial charge in [0.05, 0.1) is 41.9 Å². The first-order valence-corrected chi connectivity index (χ1v) is 13.9. The fourth-order valence-electron chi connectivity index (χ4n) is 6.07. The summed E-state index contributed by atoms with van der Waals surface area (Å²) < 4.78 is 11.9. The number of aromatic nitrogens is 2. The molecule has 0 unspecified atom stereocenters. The summed E-state index contributed by atoms with van der Waals surface area (Å²) >= 11 is 0. The van der Waals surface area contributed by atoms with Gasteiger partial charge in [0, 0.05) is 63.7 Å². The van der Waals surface area contributed by atoms with Gasteiger partial charge in [-0.2, -0.15) is 0 Å². The van der Waals surface area contributed by atoms with Crippen LogP contribution in [0.15, 0.2) is 18.3 Å². The number of hydrogen-bond acceptors (Lipinski definition) is 9. The number of aryl methyl sites for hydroxylation is 1. The van der Waals surface area contributed by atoms with E-state index in [0.29, 0.717) is 12.6 Å². The van der Waals surface area contributed by atoms with Gasteiger partial charge in [-0.3, -0.25) is 19.6 Å². The van der Waals surface area contributed by atoms with Gasteiger partial charge < -0.3 is 24.6 Å². The first kappa shape index (κ1) is 25.9. The van der Waals surface area contributed by atoms with Crippen LogP contribution < -0.4 is 15.0 Å². The topological polar surface area (TPSA) is 86.3 Å². The van der Waals surface area contributed by atoms with Gasteiger partial charge in [0.25, 0.3) is 5.91 Å². The number of nitrogens with zero attached hydrogens (tertiary/aromatic N) is 6. The minimum Gasteiger partial charge on any atom is -0.485 e. The van der Waals surface area contributed by atoms with Crippen LogP contribution in [0.5, 0.6) is 5.75 Å². The van der Waals surface area contributed by atoms with Gasteiger partial charge in [0.15, 0.2) is 5.75 Å². The molecule has 39 heavy (non-hydrogen) atoms. The van der Waals surface area contributed by atoms with Crippen molar-refractivity contribution < 1.29 is 14.3 Å². The molecule has 3 saturated heterocycles. The number of morpholine rings is 1. The Morgan fingerprint density at radius 1 is 1.15 bits per heavy atom. The third-order valence-electron chi connectivity index (χ3n) is 8.36. The Morgan fingerprint density at radius 2 is 1.97 bits per heavy atom. The van der Waals surface area contributed by atoms with Crippen LogP contribution in [0.25, 0.3) is 0 Å². The summed E-state index contributed by atoms with van der Waals surface area (Å²) in [7, 11) is 2.18. The van der Waals surface area contributed by atoms with E-state index in [-0.39, 0.29) is 11.9 Å². The lowest BCUT2D eigenvalue weighted by atomic mass is 10.0. The molecule has 0 aliphatic carbocycles. The van der Waals surface area contributed by atoms with Crippen molar-refractivity contribution in [2.45, 2.75) is 39.0 Å². The number of likely N-dealkylation sites (tertiary alicyclic amines) is 1. The summed E-state index contributed by atoms with van der Waals surface area (Å²) in [6.45, 7) is 11.8. The number of nitrogens with one attached hydrogen (secondary N) is 1. The molecule has 206 valence electrons. The fourth-order valence-corrected chi connectivity index (χ4v) is 6.07. The van der Waals surface area contributed by atoms with Crippen LogP contribution in [0, 0.1) is 18.8 Å². The van der Waals surface area contributed by atoms with E-state index in [9.17, 15) is 4.79 Å². The molecule has 1 N–H and O–H groups in total. The zero-order valence-corrected chi connectivity index (χ0v) is 23.1. The average Bonchev–Trinajstić information content (AvgIpc) is 3.22. The largest absolute Gasteiger partial charge is 0.485 e. The highest BCUT2D eigenvalue weighted by Crippen LogP contribution is 2.40. The van der Waals surface area contributed by atoms with Crippen molar-refractivity contribution in [3.8, 4) is 17.6 Å². The van der Waals surface area contributed by atoms with Gasteiger partial charge in [-0.05, 0) is 45.4 Å². The Balaban J connectivity index is 1.19. The second kappa shape index (κ2) is 11.0. The van der Waals surface area contributed by atoms with E-state index in [1.165, 1.54) is 0 Å². The number of carbonyl (C=O) groups is 1. The average molecular weight is 532 g/mol. The molecule has 2 aromatic heterocycles. The quantitative estimate of drug-likeness (QED) is 0.599. The Hall–Kier alpha value is -3.39. The number of fused-ring (bicyclic) bond motifs is 2. The molecular weight excluding hydrogens is 494 g/mol. The molecule has 6 heterocycles. The van der Waals surface area contributed by atoms with Crippen LogP contribution in [0.1, 0.15) is 36.3 Å². The molecule has 0 spiro atoms. The number of anilines is 3. The summed E-state index contributed by atoms with van der Waals surface area (Å²) in [5.41, 5.74) is 5.06. The standard InChI is InChI=1S/C29H37N7O3/c1-4-5-27(37)36-17-21(18-36)34-9-7-26(33(3)10-11-34)23-16-24-28(20(2)31-23)39-19-22-25(6-8-30-29(22)32-24)35-12-14-38-15-13-35/h6,8,16,21,26H,7,9-15,17-19H2,1-3H3,(H,30,32)/t26-/m1/s1. The smallest absolute Gasteiger partial charge is 0.298 e. The highest BCUT2D eigenvalue weighted by molar-refractivity contribution is 5.94. The highest BCUT2D eigenvalue weighted by Gasteiger charge is 2.36. The molecule has 10 heteroatoms. The molecule has 4 aliphatic heterocycles. The molecule has 0 saturated carbocycles. The summed E-state index contributed by atoms with van der Waals surface area (Å²) in [5, 5.41) is 3.59. The highest BCUT2D eigenvalue weighted by atomic mass is 16.5. The van der Waals surface area contributed by atoms with Crippen molar-refractivity contribution in [1.82, 2.24) is 24.7 Å².